The van der Waals surface area contributed by atoms with E-state index >= 15 is 0 Å². The highest BCUT2D eigenvalue weighted by atomic mass is 16.5. The molecule has 0 aromatic heterocycles. The third kappa shape index (κ3) is 2.51. The number of ketones is 1. The predicted molar refractivity (Wildman–Crippen MR) is 75.5 cm³/mol. The monoisotopic (exact) mass is 296 g/mol. The van der Waals surface area contributed by atoms with Gasteiger partial charge in [-0.1, -0.05) is 0 Å². The van der Waals surface area contributed by atoms with Gasteiger partial charge in [0.1, 0.15) is 17.5 Å². The van der Waals surface area contributed by atoms with Crippen LogP contribution in [0.2, 0.25) is 0 Å². The van der Waals surface area contributed by atoms with E-state index in [0.29, 0.717) is 24.2 Å². The van der Waals surface area contributed by atoms with Gasteiger partial charge in [-0.25, -0.2) is 0 Å². The number of aliphatic hydroxyl groups is 2. The van der Waals surface area contributed by atoms with Crippen LogP contribution in [0.25, 0.3) is 0 Å². The lowest BCUT2D eigenvalue weighted by molar-refractivity contribution is -0.134. The Balaban J connectivity index is 1.88. The van der Waals surface area contributed by atoms with Crippen molar-refractivity contribution in [3.05, 3.63) is 11.3 Å². The second kappa shape index (κ2) is 4.54. The van der Waals surface area contributed by atoms with Crippen molar-refractivity contribution >= 4 is 5.78 Å². The lowest BCUT2D eigenvalue weighted by Crippen LogP contribution is -2.46. The summed E-state index contributed by atoms with van der Waals surface area (Å²) >= 11 is 0. The third-order valence-corrected chi connectivity index (χ3v) is 4.73. The number of hydrogen-bond acceptors (Lipinski definition) is 5. The molecule has 1 fully saturated rings. The Hall–Kier alpha value is -0.910. The van der Waals surface area contributed by atoms with Crippen molar-refractivity contribution in [2.75, 3.05) is 0 Å². The quantitative estimate of drug-likeness (QED) is 0.763. The van der Waals surface area contributed by atoms with Gasteiger partial charge in [0.2, 0.25) is 0 Å². The maximum absolute atomic E-state index is 12.3. The van der Waals surface area contributed by atoms with E-state index in [-0.39, 0.29) is 24.2 Å². The Kier molecular flexibility index (Phi) is 3.24. The number of Topliss-reactive ketones (excluding diaryl/α,β-unsaturated/α-hetero) is 1. The topological polar surface area (TPSA) is 76.0 Å². The first-order valence-corrected chi connectivity index (χ1v) is 7.60. The minimum atomic E-state index is -0.957. The van der Waals surface area contributed by atoms with E-state index in [1.807, 2.05) is 13.8 Å². The van der Waals surface area contributed by atoms with Crippen molar-refractivity contribution in [3.8, 4) is 0 Å². The van der Waals surface area contributed by atoms with Crippen LogP contribution >= 0.6 is 0 Å². The van der Waals surface area contributed by atoms with Gasteiger partial charge in [0.25, 0.3) is 0 Å². The first-order valence-electron chi connectivity index (χ1n) is 7.60. The summed E-state index contributed by atoms with van der Waals surface area (Å²) in [5.74, 6) is 0.643. The Bertz CT molecular complexity index is 499. The number of carbonyl (C=O) groups is 1. The molecule has 1 aliphatic carbocycles. The minimum Gasteiger partial charge on any atom is -0.491 e. The van der Waals surface area contributed by atoms with Crippen LogP contribution in [-0.2, 0) is 14.3 Å². The van der Waals surface area contributed by atoms with E-state index in [4.69, 9.17) is 9.47 Å². The summed E-state index contributed by atoms with van der Waals surface area (Å²) in [6.45, 7) is 7.19. The number of rotatable bonds is 1. The zero-order valence-corrected chi connectivity index (χ0v) is 13.0. The maximum atomic E-state index is 12.3. The van der Waals surface area contributed by atoms with Gasteiger partial charge in [-0.05, 0) is 40.0 Å². The van der Waals surface area contributed by atoms with Gasteiger partial charge in [0.05, 0.1) is 29.8 Å². The number of hydrogen-bond donors (Lipinski definition) is 2. The molecule has 0 amide bonds. The molecule has 21 heavy (non-hydrogen) atoms. The van der Waals surface area contributed by atoms with Crippen molar-refractivity contribution in [3.63, 3.8) is 0 Å². The predicted octanol–water partition coefficient (Wildman–Crippen LogP) is 1.32. The lowest BCUT2D eigenvalue weighted by atomic mass is 9.77. The standard InChI is InChI=1S/C16H24O5/c1-15(2)7-9(17)12-10(21-15)5-8-6-11(16(3,4)19)20-14(8)13(12)18/h8,11,13-14,18-19H,5-7H2,1-4H3. The normalized spacial score (nSPS) is 38.9. The molecule has 3 rings (SSSR count). The van der Waals surface area contributed by atoms with Crippen molar-refractivity contribution in [2.24, 2.45) is 5.92 Å². The van der Waals surface area contributed by atoms with Crippen LogP contribution in [0.1, 0.15) is 47.0 Å². The van der Waals surface area contributed by atoms with E-state index in [9.17, 15) is 15.0 Å². The molecule has 4 unspecified atom stereocenters. The van der Waals surface area contributed by atoms with Gasteiger partial charge in [0.15, 0.2) is 5.78 Å². The summed E-state index contributed by atoms with van der Waals surface area (Å²) in [4.78, 5) is 12.3. The van der Waals surface area contributed by atoms with E-state index < -0.39 is 23.4 Å². The zero-order chi connectivity index (χ0) is 15.6. The van der Waals surface area contributed by atoms with E-state index in [1.165, 1.54) is 0 Å². The molecular formula is C16H24O5. The Morgan fingerprint density at radius 3 is 2.62 bits per heavy atom. The van der Waals surface area contributed by atoms with E-state index in [0.717, 1.165) is 0 Å². The largest absolute Gasteiger partial charge is 0.491 e. The number of ether oxygens (including phenoxy) is 2. The van der Waals surface area contributed by atoms with E-state index in [1.54, 1.807) is 13.8 Å². The molecule has 0 aromatic carbocycles. The van der Waals surface area contributed by atoms with Crippen LogP contribution in [0.3, 0.4) is 0 Å². The van der Waals surface area contributed by atoms with Gasteiger partial charge < -0.3 is 19.7 Å². The molecule has 0 spiro atoms. The second-order valence-corrected chi connectivity index (χ2v) is 7.69. The average Bonchev–Trinajstić information content (AvgIpc) is 2.70. The molecule has 2 aliphatic heterocycles. The summed E-state index contributed by atoms with van der Waals surface area (Å²) in [5.41, 5.74) is -1.09. The molecular weight excluding hydrogens is 272 g/mol. The van der Waals surface area contributed by atoms with E-state index in [2.05, 4.69) is 0 Å². The molecule has 3 aliphatic rings. The van der Waals surface area contributed by atoms with Crippen molar-refractivity contribution in [1.82, 2.24) is 0 Å². The molecule has 2 heterocycles. The number of aliphatic hydroxyl groups excluding tert-OH is 1. The van der Waals surface area contributed by atoms with Gasteiger partial charge in [-0.15, -0.1) is 0 Å². The Labute approximate surface area is 124 Å². The molecule has 5 nitrogen and oxygen atoms in total. The average molecular weight is 296 g/mol. The van der Waals surface area contributed by atoms with Crippen LogP contribution in [0.4, 0.5) is 0 Å². The molecule has 0 radical (unpaired) electrons. The highest BCUT2D eigenvalue weighted by Crippen LogP contribution is 2.46. The van der Waals surface area contributed by atoms with Crippen LogP contribution in [0, 0.1) is 5.92 Å². The van der Waals surface area contributed by atoms with Crippen molar-refractivity contribution in [1.29, 1.82) is 0 Å². The summed E-state index contributed by atoms with van der Waals surface area (Å²) in [6.07, 6.45) is -0.163. The smallest absolute Gasteiger partial charge is 0.168 e. The molecule has 1 saturated heterocycles. The van der Waals surface area contributed by atoms with Gasteiger partial charge in [-0.2, -0.15) is 0 Å². The molecule has 118 valence electrons. The van der Waals surface area contributed by atoms with Gasteiger partial charge in [0, 0.05) is 6.42 Å². The summed E-state index contributed by atoms with van der Waals surface area (Å²) < 4.78 is 11.8. The molecule has 5 heteroatoms. The number of carbonyl (C=O) groups excluding carboxylic acids is 1. The molecule has 0 saturated carbocycles. The highest BCUT2D eigenvalue weighted by molar-refractivity contribution is 5.98. The van der Waals surface area contributed by atoms with Gasteiger partial charge in [-0.3, -0.25) is 4.79 Å². The lowest BCUT2D eigenvalue weighted by Gasteiger charge is -2.40. The SMILES string of the molecule is CC1(C)CC(=O)C2=C(CC3CC(C(C)(C)O)OC3C2O)O1. The minimum absolute atomic E-state index is 0.0532. The van der Waals surface area contributed by atoms with Crippen molar-refractivity contribution in [2.45, 2.75) is 76.5 Å². The summed E-state index contributed by atoms with van der Waals surface area (Å²) in [7, 11) is 0. The fraction of sp³-hybridized carbons (Fsp3) is 0.812. The summed E-state index contributed by atoms with van der Waals surface area (Å²) in [6, 6.07) is 0. The molecule has 2 N–H and O–H groups in total. The highest BCUT2D eigenvalue weighted by Gasteiger charge is 2.52. The Morgan fingerprint density at radius 2 is 2.00 bits per heavy atom. The number of allylic oxidation sites excluding steroid dienone is 1. The molecule has 0 bridgehead atoms. The van der Waals surface area contributed by atoms with Gasteiger partial charge >= 0.3 is 0 Å². The fourth-order valence-corrected chi connectivity index (χ4v) is 3.70. The summed E-state index contributed by atoms with van der Waals surface area (Å²) in [5, 5.41) is 20.7. The van der Waals surface area contributed by atoms with Crippen molar-refractivity contribution < 1.29 is 24.5 Å². The second-order valence-electron chi connectivity index (χ2n) is 7.69. The van der Waals surface area contributed by atoms with Crippen LogP contribution < -0.4 is 0 Å². The fourth-order valence-electron chi connectivity index (χ4n) is 3.70. The Morgan fingerprint density at radius 1 is 1.33 bits per heavy atom. The van der Waals surface area contributed by atoms with Crippen LogP contribution in [0.5, 0.6) is 0 Å². The molecule has 0 aromatic rings. The first-order chi connectivity index (χ1) is 9.58. The molecule has 4 atom stereocenters. The van der Waals surface area contributed by atoms with Crippen LogP contribution in [-0.4, -0.2) is 45.5 Å². The first kappa shape index (κ1) is 15.0. The maximum Gasteiger partial charge on any atom is 0.168 e. The number of fused-ring (bicyclic) bond motifs is 1. The zero-order valence-electron chi connectivity index (χ0n) is 13.0. The third-order valence-electron chi connectivity index (χ3n) is 4.73. The van der Waals surface area contributed by atoms with Crippen LogP contribution in [0.15, 0.2) is 11.3 Å².